The molecular weight excluding hydrogens is 274 g/mol. The first-order valence-corrected chi connectivity index (χ1v) is 7.36. The summed E-state index contributed by atoms with van der Waals surface area (Å²) < 4.78 is 0. The lowest BCUT2D eigenvalue weighted by Gasteiger charge is -2.37. The van der Waals surface area contributed by atoms with Gasteiger partial charge >= 0.3 is 0 Å². The average Bonchev–Trinajstić information content (AvgIpc) is 2.46. The van der Waals surface area contributed by atoms with Crippen molar-refractivity contribution >= 4 is 23.3 Å². The summed E-state index contributed by atoms with van der Waals surface area (Å²) in [6.45, 7) is 5.51. The molecule has 1 fully saturated rings. The Balaban J connectivity index is 2.15. The summed E-state index contributed by atoms with van der Waals surface area (Å²) >= 11 is 6.34. The first-order valence-electron chi connectivity index (χ1n) is 6.98. The van der Waals surface area contributed by atoms with Crippen molar-refractivity contribution in [3.8, 4) is 0 Å². The first kappa shape index (κ1) is 15.1. The SMILES string of the molecule is CCN1CCC(N(C)c2nccc(C(=N)N)c2Cl)CC1. The van der Waals surface area contributed by atoms with Crippen LogP contribution < -0.4 is 10.6 Å². The van der Waals surface area contributed by atoms with Crippen LogP contribution in [0.5, 0.6) is 0 Å². The smallest absolute Gasteiger partial charge is 0.148 e. The number of nitrogens with zero attached hydrogens (tertiary/aromatic N) is 3. The molecule has 3 N–H and O–H groups in total. The third kappa shape index (κ3) is 3.04. The molecule has 0 saturated carbocycles. The van der Waals surface area contributed by atoms with Gasteiger partial charge in [-0.1, -0.05) is 18.5 Å². The first-order chi connectivity index (χ1) is 9.54. The topological polar surface area (TPSA) is 69.2 Å². The molecule has 1 aromatic rings. The van der Waals surface area contributed by atoms with E-state index in [-0.39, 0.29) is 5.84 Å². The van der Waals surface area contributed by atoms with Crippen molar-refractivity contribution in [1.29, 1.82) is 5.41 Å². The lowest BCUT2D eigenvalue weighted by Crippen LogP contribution is -2.43. The third-order valence-electron chi connectivity index (χ3n) is 4.05. The molecule has 0 unspecified atom stereocenters. The van der Waals surface area contributed by atoms with E-state index < -0.39 is 0 Å². The largest absolute Gasteiger partial charge is 0.384 e. The summed E-state index contributed by atoms with van der Waals surface area (Å²) in [5, 5.41) is 8.02. The number of halogens is 1. The van der Waals surface area contributed by atoms with Gasteiger partial charge in [-0.25, -0.2) is 4.98 Å². The van der Waals surface area contributed by atoms with Gasteiger partial charge in [0.25, 0.3) is 0 Å². The highest BCUT2D eigenvalue weighted by Gasteiger charge is 2.24. The molecule has 5 nitrogen and oxygen atoms in total. The molecule has 110 valence electrons. The Kier molecular flexibility index (Phi) is 4.83. The van der Waals surface area contributed by atoms with Crippen LogP contribution in [-0.4, -0.2) is 48.4 Å². The zero-order valence-electron chi connectivity index (χ0n) is 12.1. The highest BCUT2D eigenvalue weighted by atomic mass is 35.5. The summed E-state index contributed by atoms with van der Waals surface area (Å²) in [7, 11) is 2.02. The number of rotatable bonds is 4. The molecule has 1 aliphatic heterocycles. The highest BCUT2D eigenvalue weighted by molar-refractivity contribution is 6.36. The fraction of sp³-hybridized carbons (Fsp3) is 0.571. The van der Waals surface area contributed by atoms with Crippen molar-refractivity contribution in [2.24, 2.45) is 5.73 Å². The average molecular weight is 296 g/mol. The zero-order valence-corrected chi connectivity index (χ0v) is 12.8. The molecule has 0 amide bonds. The number of pyridine rings is 1. The second-order valence-electron chi connectivity index (χ2n) is 5.19. The number of nitrogens with two attached hydrogens (primary N) is 1. The third-order valence-corrected chi connectivity index (χ3v) is 4.42. The van der Waals surface area contributed by atoms with Gasteiger partial charge in [0.1, 0.15) is 11.7 Å². The number of hydrogen-bond donors (Lipinski definition) is 2. The lowest BCUT2D eigenvalue weighted by molar-refractivity contribution is 0.220. The molecule has 0 bridgehead atoms. The number of likely N-dealkylation sites (tertiary alicyclic amines) is 1. The predicted molar refractivity (Wildman–Crippen MR) is 83.8 cm³/mol. The fourth-order valence-corrected chi connectivity index (χ4v) is 3.03. The van der Waals surface area contributed by atoms with E-state index in [9.17, 15) is 0 Å². The fourth-order valence-electron chi connectivity index (χ4n) is 2.68. The molecular formula is C14H22ClN5. The van der Waals surface area contributed by atoms with Crippen LogP contribution in [0.1, 0.15) is 25.3 Å². The highest BCUT2D eigenvalue weighted by Crippen LogP contribution is 2.29. The van der Waals surface area contributed by atoms with Crippen LogP contribution >= 0.6 is 11.6 Å². The summed E-state index contributed by atoms with van der Waals surface area (Å²) in [5.74, 6) is 0.696. The molecule has 0 radical (unpaired) electrons. The Bertz CT molecular complexity index is 482. The molecule has 1 aromatic heterocycles. The van der Waals surface area contributed by atoms with E-state index in [1.54, 1.807) is 12.3 Å². The summed E-state index contributed by atoms with van der Waals surface area (Å²) in [6.07, 6.45) is 3.87. The van der Waals surface area contributed by atoms with Crippen molar-refractivity contribution in [1.82, 2.24) is 9.88 Å². The molecule has 2 rings (SSSR count). The summed E-state index contributed by atoms with van der Waals surface area (Å²) in [6, 6.07) is 2.12. The Morgan fingerprint density at radius 1 is 1.55 bits per heavy atom. The van der Waals surface area contributed by atoms with Gasteiger partial charge in [0.05, 0.1) is 5.02 Å². The van der Waals surface area contributed by atoms with Gasteiger partial charge in [-0.15, -0.1) is 0 Å². The molecule has 0 atom stereocenters. The monoisotopic (exact) mass is 295 g/mol. The van der Waals surface area contributed by atoms with E-state index in [2.05, 4.69) is 21.7 Å². The van der Waals surface area contributed by atoms with E-state index in [1.807, 2.05) is 7.05 Å². The standard InChI is InChI=1S/C14H22ClN5/c1-3-20-8-5-10(6-9-20)19(2)14-12(15)11(13(16)17)4-7-18-14/h4,7,10H,3,5-6,8-9H2,1-2H3,(H3,16,17). The van der Waals surface area contributed by atoms with E-state index in [0.717, 1.165) is 32.5 Å². The number of aromatic nitrogens is 1. The maximum Gasteiger partial charge on any atom is 0.148 e. The number of nitrogens with one attached hydrogen (secondary N) is 1. The Hall–Kier alpha value is -1.33. The van der Waals surface area contributed by atoms with Crippen molar-refractivity contribution in [2.75, 3.05) is 31.6 Å². The number of nitrogen functional groups attached to an aromatic ring is 1. The van der Waals surface area contributed by atoms with Crippen LogP contribution in [0.3, 0.4) is 0 Å². The van der Waals surface area contributed by atoms with Gasteiger partial charge in [-0.2, -0.15) is 0 Å². The van der Waals surface area contributed by atoms with E-state index in [0.29, 0.717) is 22.4 Å². The minimum atomic E-state index is -0.0205. The van der Waals surface area contributed by atoms with Crippen LogP contribution in [0.25, 0.3) is 0 Å². The molecule has 0 spiro atoms. The minimum absolute atomic E-state index is 0.0205. The van der Waals surface area contributed by atoms with Gasteiger partial charge in [0.2, 0.25) is 0 Å². The second-order valence-corrected chi connectivity index (χ2v) is 5.56. The van der Waals surface area contributed by atoms with Crippen LogP contribution in [0.4, 0.5) is 5.82 Å². The van der Waals surface area contributed by atoms with E-state index in [4.69, 9.17) is 22.7 Å². The van der Waals surface area contributed by atoms with Crippen LogP contribution in [0, 0.1) is 5.41 Å². The van der Waals surface area contributed by atoms with Crippen molar-refractivity contribution < 1.29 is 0 Å². The van der Waals surface area contributed by atoms with Crippen molar-refractivity contribution in [3.63, 3.8) is 0 Å². The van der Waals surface area contributed by atoms with Gasteiger partial charge in [0.15, 0.2) is 0 Å². The lowest BCUT2D eigenvalue weighted by atomic mass is 10.0. The zero-order chi connectivity index (χ0) is 14.7. The number of amidine groups is 1. The van der Waals surface area contributed by atoms with Crippen molar-refractivity contribution in [2.45, 2.75) is 25.8 Å². The quantitative estimate of drug-likeness (QED) is 0.658. The van der Waals surface area contributed by atoms with Gasteiger partial charge in [-0.05, 0) is 25.5 Å². The molecule has 0 aliphatic carbocycles. The molecule has 1 saturated heterocycles. The maximum atomic E-state index is 7.55. The minimum Gasteiger partial charge on any atom is -0.384 e. The van der Waals surface area contributed by atoms with Gasteiger partial charge in [0, 0.05) is 37.9 Å². The molecule has 0 aromatic carbocycles. The van der Waals surface area contributed by atoms with Crippen LogP contribution in [0.15, 0.2) is 12.3 Å². The van der Waals surface area contributed by atoms with E-state index in [1.165, 1.54) is 0 Å². The maximum absolute atomic E-state index is 7.55. The Labute approximate surface area is 125 Å². The molecule has 20 heavy (non-hydrogen) atoms. The Morgan fingerprint density at radius 2 is 2.20 bits per heavy atom. The predicted octanol–water partition coefficient (Wildman–Crippen LogP) is 1.94. The van der Waals surface area contributed by atoms with Crippen LogP contribution in [-0.2, 0) is 0 Å². The Morgan fingerprint density at radius 3 is 2.75 bits per heavy atom. The van der Waals surface area contributed by atoms with Crippen molar-refractivity contribution in [3.05, 3.63) is 22.8 Å². The second kappa shape index (κ2) is 6.41. The number of anilines is 1. The number of hydrogen-bond acceptors (Lipinski definition) is 4. The van der Waals surface area contributed by atoms with Gasteiger partial charge < -0.3 is 15.5 Å². The van der Waals surface area contributed by atoms with Gasteiger partial charge in [-0.3, -0.25) is 5.41 Å². The molecule has 6 heteroatoms. The molecule has 2 heterocycles. The summed E-state index contributed by atoms with van der Waals surface area (Å²) in [4.78, 5) is 8.94. The normalized spacial score (nSPS) is 17.1. The van der Waals surface area contributed by atoms with E-state index >= 15 is 0 Å². The number of piperidine rings is 1. The van der Waals surface area contributed by atoms with Crippen LogP contribution in [0.2, 0.25) is 5.02 Å². The molecule has 1 aliphatic rings. The summed E-state index contributed by atoms with van der Waals surface area (Å²) in [5.41, 5.74) is 6.09.